The first-order valence-corrected chi connectivity index (χ1v) is 8.13. The van der Waals surface area contributed by atoms with E-state index < -0.39 is 16.1 Å². The summed E-state index contributed by atoms with van der Waals surface area (Å²) >= 11 is 0. The maximum atomic E-state index is 12.7. The number of sulfonamides is 1. The Bertz CT molecular complexity index is 583. The second-order valence-corrected chi connectivity index (χ2v) is 7.21. The average Bonchev–Trinajstić information content (AvgIpc) is 2.89. The monoisotopic (exact) mass is 299 g/mol. The Morgan fingerprint density at radius 2 is 2.15 bits per heavy atom. The second-order valence-electron chi connectivity index (χ2n) is 5.31. The SMILES string of the molecule is COc1ccc(C)cc1S(=O)(=O)N1CCC(C(C)O)C1. The molecule has 0 saturated carbocycles. The molecule has 0 aromatic heterocycles. The summed E-state index contributed by atoms with van der Waals surface area (Å²) < 4.78 is 32.0. The van der Waals surface area contributed by atoms with Crippen molar-refractivity contribution < 1.29 is 18.3 Å². The lowest BCUT2D eigenvalue weighted by molar-refractivity contribution is 0.133. The molecule has 2 rings (SSSR count). The van der Waals surface area contributed by atoms with Gasteiger partial charge in [-0.15, -0.1) is 0 Å². The fourth-order valence-corrected chi connectivity index (χ4v) is 4.24. The number of benzene rings is 1. The quantitative estimate of drug-likeness (QED) is 0.912. The van der Waals surface area contributed by atoms with Crippen molar-refractivity contribution in [1.29, 1.82) is 0 Å². The maximum Gasteiger partial charge on any atom is 0.246 e. The van der Waals surface area contributed by atoms with Crippen molar-refractivity contribution >= 4 is 10.0 Å². The molecule has 1 aliphatic rings. The number of methoxy groups -OCH3 is 1. The van der Waals surface area contributed by atoms with E-state index in [1.165, 1.54) is 11.4 Å². The Kier molecular flexibility index (Phi) is 4.36. The first-order chi connectivity index (χ1) is 9.36. The van der Waals surface area contributed by atoms with Crippen LogP contribution in [-0.2, 0) is 10.0 Å². The predicted molar refractivity (Wildman–Crippen MR) is 76.3 cm³/mol. The predicted octanol–water partition coefficient (Wildman–Crippen LogP) is 1.40. The van der Waals surface area contributed by atoms with Crippen LogP contribution in [0.4, 0.5) is 0 Å². The Labute approximate surface area is 120 Å². The van der Waals surface area contributed by atoms with Gasteiger partial charge in [0.25, 0.3) is 0 Å². The third-order valence-electron chi connectivity index (χ3n) is 3.81. The van der Waals surface area contributed by atoms with Gasteiger partial charge in [-0.1, -0.05) is 6.07 Å². The van der Waals surface area contributed by atoms with E-state index in [0.717, 1.165) is 5.56 Å². The van der Waals surface area contributed by atoms with Gasteiger partial charge in [-0.25, -0.2) is 8.42 Å². The standard InChI is InChI=1S/C14H21NO4S/c1-10-4-5-13(19-3)14(8-10)20(17,18)15-7-6-12(9-15)11(2)16/h4-5,8,11-12,16H,6-7,9H2,1-3H3. The summed E-state index contributed by atoms with van der Waals surface area (Å²) in [6.07, 6.45) is 0.194. The number of aliphatic hydroxyl groups is 1. The maximum absolute atomic E-state index is 12.7. The van der Waals surface area contributed by atoms with Gasteiger partial charge in [0.05, 0.1) is 13.2 Å². The topological polar surface area (TPSA) is 66.8 Å². The first-order valence-electron chi connectivity index (χ1n) is 6.69. The largest absolute Gasteiger partial charge is 0.495 e. The number of hydrogen-bond acceptors (Lipinski definition) is 4. The Hall–Kier alpha value is -1.11. The normalized spacial score (nSPS) is 21.9. The number of aryl methyl sites for hydroxylation is 1. The highest BCUT2D eigenvalue weighted by atomic mass is 32.2. The van der Waals surface area contributed by atoms with E-state index in [-0.39, 0.29) is 10.8 Å². The Morgan fingerprint density at radius 3 is 2.70 bits per heavy atom. The third-order valence-corrected chi connectivity index (χ3v) is 5.69. The van der Waals surface area contributed by atoms with Crippen LogP contribution < -0.4 is 4.74 Å². The minimum absolute atomic E-state index is 0.000536. The van der Waals surface area contributed by atoms with E-state index in [1.54, 1.807) is 19.1 Å². The number of ether oxygens (including phenoxy) is 1. The number of rotatable bonds is 4. The molecule has 5 nitrogen and oxygen atoms in total. The van der Waals surface area contributed by atoms with E-state index in [1.807, 2.05) is 13.0 Å². The van der Waals surface area contributed by atoms with Crippen LogP contribution >= 0.6 is 0 Å². The molecule has 0 radical (unpaired) electrons. The zero-order chi connectivity index (χ0) is 14.9. The zero-order valence-electron chi connectivity index (χ0n) is 12.0. The van der Waals surface area contributed by atoms with Crippen LogP contribution in [0.25, 0.3) is 0 Å². The van der Waals surface area contributed by atoms with E-state index in [0.29, 0.717) is 25.3 Å². The fraction of sp³-hybridized carbons (Fsp3) is 0.571. The van der Waals surface area contributed by atoms with Gasteiger partial charge >= 0.3 is 0 Å². The highest BCUT2D eigenvalue weighted by molar-refractivity contribution is 7.89. The molecule has 6 heteroatoms. The molecule has 112 valence electrons. The molecule has 1 aromatic rings. The summed E-state index contributed by atoms with van der Waals surface area (Å²) in [5, 5.41) is 9.60. The minimum atomic E-state index is -3.57. The van der Waals surface area contributed by atoms with Crippen LogP contribution in [0.5, 0.6) is 5.75 Å². The van der Waals surface area contributed by atoms with E-state index in [4.69, 9.17) is 4.74 Å². The molecule has 0 aliphatic carbocycles. The summed E-state index contributed by atoms with van der Waals surface area (Å²) in [5.41, 5.74) is 0.871. The van der Waals surface area contributed by atoms with Gasteiger partial charge in [0, 0.05) is 13.1 Å². The van der Waals surface area contributed by atoms with Gasteiger partial charge in [-0.3, -0.25) is 0 Å². The Morgan fingerprint density at radius 1 is 1.45 bits per heavy atom. The van der Waals surface area contributed by atoms with Gasteiger partial charge in [-0.2, -0.15) is 4.31 Å². The minimum Gasteiger partial charge on any atom is -0.495 e. The lowest BCUT2D eigenvalue weighted by atomic mass is 10.0. The van der Waals surface area contributed by atoms with Crippen molar-refractivity contribution in [1.82, 2.24) is 4.31 Å². The zero-order valence-corrected chi connectivity index (χ0v) is 12.9. The van der Waals surface area contributed by atoms with Gasteiger partial charge in [0.2, 0.25) is 10.0 Å². The molecule has 20 heavy (non-hydrogen) atoms. The van der Waals surface area contributed by atoms with Crippen molar-refractivity contribution in [3.05, 3.63) is 23.8 Å². The first kappa shape index (κ1) is 15.3. The molecule has 1 saturated heterocycles. The molecule has 1 aliphatic heterocycles. The van der Waals surface area contributed by atoms with Crippen LogP contribution in [-0.4, -0.2) is 44.1 Å². The molecule has 0 bridgehead atoms. The van der Waals surface area contributed by atoms with E-state index in [2.05, 4.69) is 0 Å². The highest BCUT2D eigenvalue weighted by Gasteiger charge is 2.35. The van der Waals surface area contributed by atoms with Gasteiger partial charge < -0.3 is 9.84 Å². The average molecular weight is 299 g/mol. The van der Waals surface area contributed by atoms with Gasteiger partial charge in [0.1, 0.15) is 10.6 Å². The molecular weight excluding hydrogens is 278 g/mol. The molecule has 2 atom stereocenters. The molecule has 1 heterocycles. The molecule has 1 aromatic carbocycles. The number of aliphatic hydroxyl groups excluding tert-OH is 1. The van der Waals surface area contributed by atoms with Gasteiger partial charge in [0.15, 0.2) is 0 Å². The lowest BCUT2D eigenvalue weighted by Gasteiger charge is -2.19. The van der Waals surface area contributed by atoms with Crippen molar-refractivity contribution in [2.45, 2.75) is 31.3 Å². The number of nitrogens with zero attached hydrogens (tertiary/aromatic N) is 1. The van der Waals surface area contributed by atoms with Crippen molar-refractivity contribution in [2.24, 2.45) is 5.92 Å². The van der Waals surface area contributed by atoms with Gasteiger partial charge in [-0.05, 0) is 43.9 Å². The van der Waals surface area contributed by atoms with Crippen LogP contribution in [0, 0.1) is 12.8 Å². The summed E-state index contributed by atoms with van der Waals surface area (Å²) in [6, 6.07) is 5.12. The molecular formula is C14H21NO4S. The summed E-state index contributed by atoms with van der Waals surface area (Å²) in [5.74, 6) is 0.358. The van der Waals surface area contributed by atoms with E-state index >= 15 is 0 Å². The summed E-state index contributed by atoms with van der Waals surface area (Å²) in [7, 11) is -2.11. The van der Waals surface area contributed by atoms with Crippen LogP contribution in [0.3, 0.4) is 0 Å². The van der Waals surface area contributed by atoms with Crippen LogP contribution in [0.2, 0.25) is 0 Å². The third kappa shape index (κ3) is 2.82. The Balaban J connectivity index is 2.34. The van der Waals surface area contributed by atoms with E-state index in [9.17, 15) is 13.5 Å². The molecule has 0 spiro atoms. The highest BCUT2D eigenvalue weighted by Crippen LogP contribution is 2.31. The molecule has 1 N–H and O–H groups in total. The number of hydrogen-bond donors (Lipinski definition) is 1. The summed E-state index contributed by atoms with van der Waals surface area (Å²) in [4.78, 5) is 0.200. The molecule has 1 fully saturated rings. The lowest BCUT2D eigenvalue weighted by Crippen LogP contribution is -2.30. The van der Waals surface area contributed by atoms with Crippen LogP contribution in [0.1, 0.15) is 18.9 Å². The fourth-order valence-electron chi connectivity index (χ4n) is 2.49. The molecule has 2 unspecified atom stereocenters. The summed E-state index contributed by atoms with van der Waals surface area (Å²) in [6.45, 7) is 4.35. The second kappa shape index (κ2) is 5.71. The van der Waals surface area contributed by atoms with Crippen LogP contribution in [0.15, 0.2) is 23.1 Å². The van der Waals surface area contributed by atoms with Crippen molar-refractivity contribution in [3.8, 4) is 5.75 Å². The smallest absolute Gasteiger partial charge is 0.246 e. The van der Waals surface area contributed by atoms with Crippen molar-refractivity contribution in [2.75, 3.05) is 20.2 Å². The molecule has 0 amide bonds. The van der Waals surface area contributed by atoms with Crippen molar-refractivity contribution in [3.63, 3.8) is 0 Å².